The van der Waals surface area contributed by atoms with E-state index >= 15 is 0 Å². The molecule has 0 aromatic heterocycles. The van der Waals surface area contributed by atoms with Crippen LogP contribution in [0, 0.1) is 6.92 Å². The van der Waals surface area contributed by atoms with E-state index in [-0.39, 0.29) is 0 Å². The van der Waals surface area contributed by atoms with Crippen LogP contribution in [0.5, 0.6) is 0 Å². The second kappa shape index (κ2) is 2.35. The highest BCUT2D eigenvalue weighted by atomic mass is 16.6. The van der Waals surface area contributed by atoms with Crippen molar-refractivity contribution in [2.24, 2.45) is 0 Å². The molecule has 1 fully saturated rings. The standard InChI is InChI=1S/C10H12O/c1-7-5-3-4-6-9(7)10-8(2)11-10/h3-6,8,10H,1-2H3/t8-,10-/m0/s1. The molecule has 0 bridgehead atoms. The molecular weight excluding hydrogens is 136 g/mol. The Balaban J connectivity index is 2.31. The van der Waals surface area contributed by atoms with Gasteiger partial charge >= 0.3 is 0 Å². The first kappa shape index (κ1) is 6.86. The van der Waals surface area contributed by atoms with Crippen molar-refractivity contribution >= 4 is 0 Å². The fourth-order valence-electron chi connectivity index (χ4n) is 1.42. The molecule has 1 aromatic rings. The Bertz CT molecular complexity index is 267. The van der Waals surface area contributed by atoms with E-state index in [1.807, 2.05) is 0 Å². The lowest BCUT2D eigenvalue weighted by atomic mass is 10.0. The molecule has 0 aliphatic carbocycles. The predicted octanol–water partition coefficient (Wildman–Crippen LogP) is 2.45. The quantitative estimate of drug-likeness (QED) is 0.557. The molecule has 0 N–H and O–H groups in total. The third kappa shape index (κ3) is 1.16. The molecule has 1 aromatic carbocycles. The van der Waals surface area contributed by atoms with Crippen LogP contribution in [0.3, 0.4) is 0 Å². The second-order valence-electron chi connectivity index (χ2n) is 3.12. The zero-order valence-corrected chi connectivity index (χ0v) is 6.87. The Hall–Kier alpha value is -0.820. The summed E-state index contributed by atoms with van der Waals surface area (Å²) in [5, 5.41) is 0. The predicted molar refractivity (Wildman–Crippen MR) is 44.5 cm³/mol. The molecule has 0 radical (unpaired) electrons. The molecule has 2 atom stereocenters. The molecule has 1 aliphatic rings. The summed E-state index contributed by atoms with van der Waals surface area (Å²) in [6.07, 6.45) is 0.798. The first-order valence-electron chi connectivity index (χ1n) is 4.00. The van der Waals surface area contributed by atoms with Crippen molar-refractivity contribution in [3.8, 4) is 0 Å². The van der Waals surface area contributed by atoms with Crippen LogP contribution in [0.15, 0.2) is 24.3 Å². The van der Waals surface area contributed by atoms with E-state index in [1.165, 1.54) is 11.1 Å². The summed E-state index contributed by atoms with van der Waals surface area (Å²) < 4.78 is 5.38. The highest BCUT2D eigenvalue weighted by molar-refractivity contribution is 5.30. The summed E-state index contributed by atoms with van der Waals surface area (Å²) in [5.41, 5.74) is 2.68. The minimum atomic E-state index is 0.371. The van der Waals surface area contributed by atoms with Gasteiger partial charge in [0.05, 0.1) is 6.10 Å². The van der Waals surface area contributed by atoms with E-state index in [9.17, 15) is 0 Å². The first-order chi connectivity index (χ1) is 5.29. The smallest absolute Gasteiger partial charge is 0.109 e. The average molecular weight is 148 g/mol. The van der Waals surface area contributed by atoms with Crippen LogP contribution in [0.25, 0.3) is 0 Å². The molecule has 0 spiro atoms. The molecular formula is C10H12O. The Morgan fingerprint density at radius 1 is 1.27 bits per heavy atom. The molecule has 1 aliphatic heterocycles. The Morgan fingerprint density at radius 2 is 1.91 bits per heavy atom. The van der Waals surface area contributed by atoms with Gasteiger partial charge in [0.1, 0.15) is 6.10 Å². The van der Waals surface area contributed by atoms with E-state index in [0.29, 0.717) is 12.2 Å². The molecule has 1 heteroatoms. The molecule has 1 nitrogen and oxygen atoms in total. The van der Waals surface area contributed by atoms with E-state index in [0.717, 1.165) is 0 Å². The first-order valence-corrected chi connectivity index (χ1v) is 4.00. The van der Waals surface area contributed by atoms with Gasteiger partial charge in [0.15, 0.2) is 0 Å². The van der Waals surface area contributed by atoms with Crippen molar-refractivity contribution in [1.82, 2.24) is 0 Å². The normalized spacial score (nSPS) is 28.5. The minimum absolute atomic E-state index is 0.371. The summed E-state index contributed by atoms with van der Waals surface area (Å²) in [6, 6.07) is 8.40. The van der Waals surface area contributed by atoms with Crippen molar-refractivity contribution in [2.75, 3.05) is 0 Å². The Labute approximate surface area is 67.0 Å². The van der Waals surface area contributed by atoms with Crippen LogP contribution in [0.1, 0.15) is 24.2 Å². The van der Waals surface area contributed by atoms with Crippen molar-refractivity contribution in [3.05, 3.63) is 35.4 Å². The molecule has 0 amide bonds. The zero-order valence-electron chi connectivity index (χ0n) is 6.87. The van der Waals surface area contributed by atoms with Crippen LogP contribution in [-0.2, 0) is 4.74 Å². The van der Waals surface area contributed by atoms with Gasteiger partial charge in [-0.1, -0.05) is 24.3 Å². The van der Waals surface area contributed by atoms with Gasteiger partial charge in [0.2, 0.25) is 0 Å². The SMILES string of the molecule is Cc1ccccc1[C@H]1O[C@H]1C. The number of benzene rings is 1. The number of rotatable bonds is 1. The van der Waals surface area contributed by atoms with Gasteiger partial charge in [0, 0.05) is 0 Å². The molecule has 0 unspecified atom stereocenters. The van der Waals surface area contributed by atoms with Crippen molar-refractivity contribution in [3.63, 3.8) is 0 Å². The highest BCUT2D eigenvalue weighted by Gasteiger charge is 2.36. The van der Waals surface area contributed by atoms with Gasteiger partial charge in [0.25, 0.3) is 0 Å². The fourth-order valence-corrected chi connectivity index (χ4v) is 1.42. The van der Waals surface area contributed by atoms with Crippen LogP contribution in [0.4, 0.5) is 0 Å². The summed E-state index contributed by atoms with van der Waals surface area (Å²) in [5.74, 6) is 0. The maximum Gasteiger partial charge on any atom is 0.109 e. The average Bonchev–Trinajstić information content (AvgIpc) is 2.68. The van der Waals surface area contributed by atoms with Crippen LogP contribution < -0.4 is 0 Å². The van der Waals surface area contributed by atoms with Gasteiger partial charge in [-0.25, -0.2) is 0 Å². The van der Waals surface area contributed by atoms with E-state index in [2.05, 4.69) is 38.1 Å². The number of epoxide rings is 1. The third-order valence-corrected chi connectivity index (χ3v) is 2.21. The van der Waals surface area contributed by atoms with E-state index in [1.54, 1.807) is 0 Å². The van der Waals surface area contributed by atoms with Gasteiger partial charge in [-0.05, 0) is 25.0 Å². The monoisotopic (exact) mass is 148 g/mol. The summed E-state index contributed by atoms with van der Waals surface area (Å²) in [4.78, 5) is 0. The van der Waals surface area contributed by atoms with E-state index < -0.39 is 0 Å². The number of hydrogen-bond donors (Lipinski definition) is 0. The van der Waals surface area contributed by atoms with Gasteiger partial charge < -0.3 is 4.74 Å². The number of ether oxygens (including phenoxy) is 1. The molecule has 2 rings (SSSR count). The van der Waals surface area contributed by atoms with Gasteiger partial charge in [-0.15, -0.1) is 0 Å². The van der Waals surface area contributed by atoms with Crippen LogP contribution in [-0.4, -0.2) is 6.10 Å². The number of hydrogen-bond acceptors (Lipinski definition) is 1. The van der Waals surface area contributed by atoms with Gasteiger partial charge in [-0.3, -0.25) is 0 Å². The van der Waals surface area contributed by atoms with Crippen LogP contribution in [0.2, 0.25) is 0 Å². The Kier molecular flexibility index (Phi) is 1.46. The maximum atomic E-state index is 5.38. The van der Waals surface area contributed by atoms with Crippen LogP contribution >= 0.6 is 0 Å². The Morgan fingerprint density at radius 3 is 2.45 bits per heavy atom. The molecule has 58 valence electrons. The molecule has 1 heterocycles. The third-order valence-electron chi connectivity index (χ3n) is 2.21. The molecule has 1 saturated heterocycles. The lowest BCUT2D eigenvalue weighted by Crippen LogP contribution is -1.86. The summed E-state index contributed by atoms with van der Waals surface area (Å²) in [6.45, 7) is 4.24. The highest BCUT2D eigenvalue weighted by Crippen LogP contribution is 2.39. The summed E-state index contributed by atoms with van der Waals surface area (Å²) >= 11 is 0. The zero-order chi connectivity index (χ0) is 7.84. The molecule has 11 heavy (non-hydrogen) atoms. The van der Waals surface area contributed by atoms with Crippen molar-refractivity contribution in [1.29, 1.82) is 0 Å². The minimum Gasteiger partial charge on any atom is -0.365 e. The van der Waals surface area contributed by atoms with Crippen molar-refractivity contribution < 1.29 is 4.74 Å². The summed E-state index contributed by atoms with van der Waals surface area (Å²) in [7, 11) is 0. The largest absolute Gasteiger partial charge is 0.365 e. The lowest BCUT2D eigenvalue weighted by Gasteiger charge is -1.99. The maximum absolute atomic E-state index is 5.38. The topological polar surface area (TPSA) is 12.5 Å². The fraction of sp³-hybridized carbons (Fsp3) is 0.400. The molecule has 0 saturated carbocycles. The van der Waals surface area contributed by atoms with Gasteiger partial charge in [-0.2, -0.15) is 0 Å². The lowest BCUT2D eigenvalue weighted by molar-refractivity contribution is 0.382. The number of aryl methyl sites for hydroxylation is 1. The second-order valence-corrected chi connectivity index (χ2v) is 3.12. The van der Waals surface area contributed by atoms with Crippen molar-refractivity contribution in [2.45, 2.75) is 26.1 Å². The van der Waals surface area contributed by atoms with E-state index in [4.69, 9.17) is 4.74 Å².